The Morgan fingerprint density at radius 3 is 1.29 bits per heavy atom. The van der Waals surface area contributed by atoms with Crippen LogP contribution in [-0.2, 0) is 53.0 Å². The van der Waals surface area contributed by atoms with E-state index in [0.29, 0.717) is 5.95 Å². The van der Waals surface area contributed by atoms with Crippen molar-refractivity contribution in [2.75, 3.05) is 0 Å². The summed E-state index contributed by atoms with van der Waals surface area (Å²) in [5.41, 5.74) is 8.93. The average molecular weight is 1020 g/mol. The molecule has 0 fully saturated rings. The number of aromatic nitrogens is 5. The zero-order chi connectivity index (χ0) is 33.6. The average Bonchev–Trinajstić information content (AvgIpc) is 3.49. The molecular formula is C44H33N5Pt2. The van der Waals surface area contributed by atoms with Crippen molar-refractivity contribution < 1.29 is 42.1 Å². The van der Waals surface area contributed by atoms with Gasteiger partial charge in [-0.3, -0.25) is 0 Å². The van der Waals surface area contributed by atoms with Crippen LogP contribution in [-0.4, -0.2) is 24.5 Å². The van der Waals surface area contributed by atoms with Crippen molar-refractivity contribution in [2.24, 2.45) is 0 Å². The topological polar surface area (TPSA) is 56.5 Å². The molecule has 0 aliphatic rings. The Labute approximate surface area is 327 Å². The van der Waals surface area contributed by atoms with Crippen molar-refractivity contribution in [1.29, 1.82) is 0 Å². The third-order valence-electron chi connectivity index (χ3n) is 9.50. The van der Waals surface area contributed by atoms with Crippen LogP contribution in [0, 0.1) is 24.3 Å². The van der Waals surface area contributed by atoms with Crippen molar-refractivity contribution in [3.05, 3.63) is 174 Å². The van der Waals surface area contributed by atoms with Crippen LogP contribution in [0.25, 0.3) is 50.3 Å². The normalized spacial score (nSPS) is 11.6. The molecule has 4 heterocycles. The van der Waals surface area contributed by atoms with Crippen LogP contribution in [0.4, 0.5) is 0 Å². The fourth-order valence-corrected chi connectivity index (χ4v) is 6.50. The summed E-state index contributed by atoms with van der Waals surface area (Å²) in [6, 6.07) is 49.9. The number of hydrogen-bond donors (Lipinski definition) is 0. The third kappa shape index (κ3) is 6.66. The molecule has 0 spiro atoms. The van der Waals surface area contributed by atoms with Crippen molar-refractivity contribution >= 4 is 21.8 Å². The maximum absolute atomic E-state index is 4.70. The van der Waals surface area contributed by atoms with E-state index < -0.39 is 10.8 Å². The summed E-state index contributed by atoms with van der Waals surface area (Å²) >= 11 is 0. The Morgan fingerprint density at radius 2 is 0.863 bits per heavy atom. The van der Waals surface area contributed by atoms with Gasteiger partial charge < -0.3 is 14.5 Å². The van der Waals surface area contributed by atoms with E-state index in [0.717, 1.165) is 66.6 Å². The van der Waals surface area contributed by atoms with Crippen LogP contribution in [0.1, 0.15) is 49.9 Å². The number of rotatable bonds is 7. The molecule has 0 amide bonds. The molecule has 51 heavy (non-hydrogen) atoms. The van der Waals surface area contributed by atoms with Gasteiger partial charge in [0.15, 0.2) is 0 Å². The summed E-state index contributed by atoms with van der Waals surface area (Å²) in [6.45, 7) is 8.86. The van der Waals surface area contributed by atoms with Crippen molar-refractivity contribution in [2.45, 2.75) is 38.5 Å². The molecule has 0 unspecified atom stereocenters. The summed E-state index contributed by atoms with van der Waals surface area (Å²) in [5, 5.41) is 2.13. The molecule has 8 rings (SSSR count). The summed E-state index contributed by atoms with van der Waals surface area (Å²) < 4.78 is 2.09. The predicted octanol–water partition coefficient (Wildman–Crippen LogP) is 9.55. The van der Waals surface area contributed by atoms with Gasteiger partial charge in [0.25, 0.3) is 0 Å². The minimum absolute atomic E-state index is 0. The fraction of sp³-hybridized carbons (Fsp3) is 0.136. The first-order valence-electron chi connectivity index (χ1n) is 16.4. The van der Waals surface area contributed by atoms with Gasteiger partial charge in [0.05, 0.1) is 0 Å². The molecule has 254 valence electrons. The molecule has 0 aliphatic carbocycles. The Morgan fingerprint density at radius 1 is 0.431 bits per heavy atom. The van der Waals surface area contributed by atoms with E-state index in [-0.39, 0.29) is 42.1 Å². The minimum atomic E-state index is -0.400. The Hall–Kier alpha value is -4.56. The van der Waals surface area contributed by atoms with Crippen LogP contribution < -0.4 is 0 Å². The van der Waals surface area contributed by atoms with E-state index >= 15 is 0 Å². The minimum Gasteiger partial charge on any atom is -0.328 e. The number of hydrogen-bond acceptors (Lipinski definition) is 4. The zero-order valence-corrected chi connectivity index (χ0v) is 33.0. The van der Waals surface area contributed by atoms with E-state index in [4.69, 9.17) is 9.97 Å². The van der Waals surface area contributed by atoms with Gasteiger partial charge in [-0.05, 0) is 40.4 Å². The van der Waals surface area contributed by atoms with Crippen LogP contribution in [0.5, 0.6) is 0 Å². The summed E-state index contributed by atoms with van der Waals surface area (Å²) in [6.07, 6.45) is 7.18. The molecular weight excluding hydrogens is 989 g/mol. The second kappa shape index (κ2) is 14.6. The maximum Gasteiger partial charge on any atom is 2.00 e. The molecule has 0 bridgehead atoms. The Kier molecular flexibility index (Phi) is 10.4. The fourth-order valence-electron chi connectivity index (χ4n) is 6.50. The van der Waals surface area contributed by atoms with Gasteiger partial charge >= 0.3 is 42.1 Å². The van der Waals surface area contributed by atoms with E-state index in [1.54, 1.807) is 12.4 Å². The quantitative estimate of drug-likeness (QED) is 0.150. The van der Waals surface area contributed by atoms with E-state index in [1.807, 2.05) is 54.9 Å². The van der Waals surface area contributed by atoms with E-state index in [9.17, 15) is 0 Å². The molecule has 5 nitrogen and oxygen atoms in total. The molecule has 4 aromatic carbocycles. The van der Waals surface area contributed by atoms with Gasteiger partial charge in [-0.2, -0.15) is 58.3 Å². The van der Waals surface area contributed by atoms with Gasteiger partial charge in [0.2, 0.25) is 5.95 Å². The maximum atomic E-state index is 4.70. The molecule has 0 atom stereocenters. The second-order valence-corrected chi connectivity index (χ2v) is 13.3. The zero-order valence-electron chi connectivity index (χ0n) is 28.5. The number of fused-ring (bicyclic) bond motifs is 3. The number of pyridine rings is 2. The number of benzene rings is 4. The first-order valence-corrected chi connectivity index (χ1v) is 16.4. The van der Waals surface area contributed by atoms with Crippen LogP contribution in [0.2, 0.25) is 0 Å². The van der Waals surface area contributed by atoms with Gasteiger partial charge in [-0.15, -0.1) is 70.8 Å². The Bertz CT molecular complexity index is 2290. The molecule has 7 heteroatoms. The van der Waals surface area contributed by atoms with E-state index in [1.165, 1.54) is 0 Å². The van der Waals surface area contributed by atoms with Gasteiger partial charge in [-0.1, -0.05) is 63.0 Å². The van der Waals surface area contributed by atoms with Gasteiger partial charge in [0, 0.05) is 24.8 Å². The summed E-state index contributed by atoms with van der Waals surface area (Å²) in [4.78, 5) is 18.5. The molecule has 0 N–H and O–H groups in total. The smallest absolute Gasteiger partial charge is 0.328 e. The Balaban J connectivity index is 0.00000224. The largest absolute Gasteiger partial charge is 2.00 e. The summed E-state index contributed by atoms with van der Waals surface area (Å²) in [7, 11) is 0. The third-order valence-corrected chi connectivity index (χ3v) is 9.50. The molecule has 0 radical (unpaired) electrons. The van der Waals surface area contributed by atoms with Crippen LogP contribution in [0.15, 0.2) is 128 Å². The van der Waals surface area contributed by atoms with Crippen molar-refractivity contribution in [3.63, 3.8) is 0 Å². The van der Waals surface area contributed by atoms with Crippen molar-refractivity contribution in [1.82, 2.24) is 24.5 Å². The SMILES string of the molecule is CC(C)(c1[c-]c(-c2ccccn2)ccc1)c1[c-]c2c(cc1)c1ccc(C(C)(C)c3[c-]c(-c4ccccn4)ccc3)[c-]c1n2-c1ncccn1.[Pt+2].[Pt+2]. The molecule has 0 saturated carbocycles. The van der Waals surface area contributed by atoms with Crippen LogP contribution in [0.3, 0.4) is 0 Å². The first-order chi connectivity index (χ1) is 23.8. The van der Waals surface area contributed by atoms with E-state index in [2.05, 4.69) is 127 Å². The summed E-state index contributed by atoms with van der Waals surface area (Å²) in [5.74, 6) is 0.576. The molecule has 4 aromatic heterocycles. The monoisotopic (exact) mass is 1020 g/mol. The van der Waals surface area contributed by atoms with Gasteiger partial charge in [0.1, 0.15) is 0 Å². The second-order valence-electron chi connectivity index (χ2n) is 13.3. The van der Waals surface area contributed by atoms with Gasteiger partial charge in [-0.25, -0.2) is 9.97 Å². The molecule has 8 aromatic rings. The predicted molar refractivity (Wildman–Crippen MR) is 195 cm³/mol. The molecule has 0 saturated heterocycles. The first kappa shape index (κ1) is 36.2. The van der Waals surface area contributed by atoms with Crippen LogP contribution >= 0.6 is 0 Å². The number of nitrogens with zero attached hydrogens (tertiary/aromatic N) is 5. The van der Waals surface area contributed by atoms with Crippen molar-refractivity contribution in [3.8, 4) is 28.5 Å². The molecule has 0 aliphatic heterocycles. The standard InChI is InChI=1S/C44H33N5.2Pt/c1-43(2,32-14-9-12-30(26-32)38-16-5-7-22-45-38)34-18-20-36-37-21-19-35(29-41(37)49(40(36)28-34)42-47-24-11-25-48-42)44(3,4)33-15-10-13-31(27-33)39-17-6-8-23-46-39;;/h5-25H,1-4H3;;/q-4;2*+2.